The van der Waals surface area contributed by atoms with Crippen LogP contribution in [-0.4, -0.2) is 11.1 Å². The van der Waals surface area contributed by atoms with E-state index in [0.717, 1.165) is 6.08 Å². The van der Waals surface area contributed by atoms with Crippen LogP contribution in [0.25, 0.3) is 0 Å². The SMILES string of the molecule is [CH2]C(C)C=CC(=O)O. The summed E-state index contributed by atoms with van der Waals surface area (Å²) in [6.07, 6.45) is 2.62. The Labute approximate surface area is 48.8 Å². The molecular formula is C6H9O2. The fourth-order valence-corrected chi connectivity index (χ4v) is 0.247. The summed E-state index contributed by atoms with van der Waals surface area (Å²) >= 11 is 0. The number of allylic oxidation sites excluding steroid dienone is 1. The maximum absolute atomic E-state index is 9.79. The number of carboxylic acids is 1. The van der Waals surface area contributed by atoms with Crippen LogP contribution in [0.15, 0.2) is 12.2 Å². The summed E-state index contributed by atoms with van der Waals surface area (Å²) in [7, 11) is 0. The normalized spacial score (nSPS) is 10.9. The standard InChI is InChI=1S/C6H9O2/c1-5(2)3-4-6(7)8/h3-5H,1H2,2H3,(H,7,8). The van der Waals surface area contributed by atoms with Crippen LogP contribution < -0.4 is 0 Å². The van der Waals surface area contributed by atoms with Gasteiger partial charge in [0.2, 0.25) is 0 Å². The molecule has 0 saturated heterocycles. The van der Waals surface area contributed by atoms with E-state index in [9.17, 15) is 4.79 Å². The Kier molecular flexibility index (Phi) is 2.92. The lowest BCUT2D eigenvalue weighted by atomic mass is 10.2. The van der Waals surface area contributed by atoms with Gasteiger partial charge in [-0.05, 0) is 12.8 Å². The van der Waals surface area contributed by atoms with Gasteiger partial charge in [0, 0.05) is 6.08 Å². The van der Waals surface area contributed by atoms with Crippen LogP contribution in [-0.2, 0) is 4.79 Å². The Morgan fingerprint density at radius 2 is 2.38 bits per heavy atom. The number of hydrogen-bond acceptors (Lipinski definition) is 1. The first-order valence-electron chi connectivity index (χ1n) is 2.37. The molecule has 0 saturated carbocycles. The molecule has 0 aliphatic heterocycles. The van der Waals surface area contributed by atoms with Crippen LogP contribution in [0.2, 0.25) is 0 Å². The first-order valence-corrected chi connectivity index (χ1v) is 2.37. The molecule has 0 aliphatic carbocycles. The lowest BCUT2D eigenvalue weighted by molar-refractivity contribution is -0.131. The Morgan fingerprint density at radius 3 is 2.50 bits per heavy atom. The molecule has 0 fully saturated rings. The summed E-state index contributed by atoms with van der Waals surface area (Å²) in [5.41, 5.74) is 0. The van der Waals surface area contributed by atoms with Gasteiger partial charge in [-0.3, -0.25) is 0 Å². The zero-order chi connectivity index (χ0) is 6.57. The van der Waals surface area contributed by atoms with Gasteiger partial charge in [-0.15, -0.1) is 0 Å². The highest BCUT2D eigenvalue weighted by Crippen LogP contribution is 1.90. The van der Waals surface area contributed by atoms with Crippen molar-refractivity contribution in [3.63, 3.8) is 0 Å². The highest BCUT2D eigenvalue weighted by Gasteiger charge is 1.86. The third-order valence-electron chi connectivity index (χ3n) is 0.567. The maximum Gasteiger partial charge on any atom is 0.327 e. The molecule has 0 aromatic rings. The lowest BCUT2D eigenvalue weighted by Crippen LogP contribution is -1.88. The summed E-state index contributed by atoms with van der Waals surface area (Å²) in [5.74, 6) is -0.841. The number of carboxylic acid groups (broad SMARTS) is 1. The zero-order valence-electron chi connectivity index (χ0n) is 4.79. The average molecular weight is 113 g/mol. The summed E-state index contributed by atoms with van der Waals surface area (Å²) in [6, 6.07) is 0. The Hall–Kier alpha value is -0.790. The van der Waals surface area contributed by atoms with Crippen molar-refractivity contribution in [3.8, 4) is 0 Å². The monoisotopic (exact) mass is 113 g/mol. The van der Waals surface area contributed by atoms with Crippen LogP contribution in [0.5, 0.6) is 0 Å². The molecular weight excluding hydrogens is 104 g/mol. The minimum Gasteiger partial charge on any atom is -0.478 e. The second kappa shape index (κ2) is 3.24. The first kappa shape index (κ1) is 7.21. The molecule has 0 aliphatic rings. The van der Waals surface area contributed by atoms with E-state index in [1.165, 1.54) is 6.08 Å². The molecule has 1 radical (unpaired) electrons. The molecule has 0 heterocycles. The van der Waals surface area contributed by atoms with E-state index in [2.05, 4.69) is 6.92 Å². The minimum atomic E-state index is -0.916. The van der Waals surface area contributed by atoms with Gasteiger partial charge in [0.1, 0.15) is 0 Å². The molecule has 2 heteroatoms. The molecule has 1 unspecified atom stereocenters. The van der Waals surface area contributed by atoms with E-state index in [4.69, 9.17) is 5.11 Å². The fourth-order valence-electron chi connectivity index (χ4n) is 0.247. The van der Waals surface area contributed by atoms with Gasteiger partial charge in [0.25, 0.3) is 0 Å². The van der Waals surface area contributed by atoms with Crippen LogP contribution in [0, 0.1) is 12.8 Å². The van der Waals surface area contributed by atoms with Crippen LogP contribution in [0.1, 0.15) is 6.92 Å². The van der Waals surface area contributed by atoms with Crippen molar-refractivity contribution >= 4 is 5.97 Å². The average Bonchev–Trinajstić information content (AvgIpc) is 1.61. The second-order valence-corrected chi connectivity index (χ2v) is 1.67. The van der Waals surface area contributed by atoms with Crippen LogP contribution in [0.4, 0.5) is 0 Å². The number of carbonyl (C=O) groups is 1. The molecule has 45 valence electrons. The van der Waals surface area contributed by atoms with Gasteiger partial charge in [0.15, 0.2) is 0 Å². The molecule has 8 heavy (non-hydrogen) atoms. The summed E-state index contributed by atoms with van der Waals surface area (Å²) < 4.78 is 0. The molecule has 1 N–H and O–H groups in total. The highest BCUT2D eigenvalue weighted by molar-refractivity contribution is 5.79. The molecule has 0 aromatic heterocycles. The van der Waals surface area contributed by atoms with Crippen molar-refractivity contribution in [3.05, 3.63) is 19.1 Å². The second-order valence-electron chi connectivity index (χ2n) is 1.67. The van der Waals surface area contributed by atoms with Gasteiger partial charge in [-0.2, -0.15) is 0 Å². The Balaban J connectivity index is 3.50. The molecule has 0 rings (SSSR count). The van der Waals surface area contributed by atoms with Crippen molar-refractivity contribution in [2.24, 2.45) is 5.92 Å². The Bertz CT molecular complexity index is 103. The first-order chi connectivity index (χ1) is 3.63. The number of rotatable bonds is 2. The predicted octanol–water partition coefficient (Wildman–Crippen LogP) is 1.10. The molecule has 0 bridgehead atoms. The van der Waals surface area contributed by atoms with E-state index >= 15 is 0 Å². The summed E-state index contributed by atoms with van der Waals surface area (Å²) in [6.45, 7) is 5.38. The topological polar surface area (TPSA) is 37.3 Å². The van der Waals surface area contributed by atoms with E-state index in [1.807, 2.05) is 6.92 Å². The molecule has 0 spiro atoms. The van der Waals surface area contributed by atoms with Crippen molar-refractivity contribution in [2.75, 3.05) is 0 Å². The van der Waals surface area contributed by atoms with Crippen molar-refractivity contribution in [1.82, 2.24) is 0 Å². The van der Waals surface area contributed by atoms with E-state index in [-0.39, 0.29) is 5.92 Å². The molecule has 0 amide bonds. The van der Waals surface area contributed by atoms with E-state index in [0.29, 0.717) is 0 Å². The van der Waals surface area contributed by atoms with Crippen LogP contribution >= 0.6 is 0 Å². The van der Waals surface area contributed by atoms with Gasteiger partial charge >= 0.3 is 5.97 Å². The molecule has 1 atom stereocenters. The minimum absolute atomic E-state index is 0.0751. The largest absolute Gasteiger partial charge is 0.478 e. The summed E-state index contributed by atoms with van der Waals surface area (Å²) in [5, 5.41) is 8.05. The number of aliphatic carboxylic acids is 1. The van der Waals surface area contributed by atoms with Crippen molar-refractivity contribution in [2.45, 2.75) is 6.92 Å². The Morgan fingerprint density at radius 1 is 1.88 bits per heavy atom. The van der Waals surface area contributed by atoms with Crippen molar-refractivity contribution < 1.29 is 9.90 Å². The van der Waals surface area contributed by atoms with E-state index in [1.54, 1.807) is 0 Å². The smallest absolute Gasteiger partial charge is 0.327 e. The third-order valence-corrected chi connectivity index (χ3v) is 0.567. The molecule has 2 nitrogen and oxygen atoms in total. The van der Waals surface area contributed by atoms with Crippen molar-refractivity contribution in [1.29, 1.82) is 0 Å². The molecule has 0 aromatic carbocycles. The van der Waals surface area contributed by atoms with Gasteiger partial charge in [-0.25, -0.2) is 4.79 Å². The van der Waals surface area contributed by atoms with Crippen LogP contribution in [0.3, 0.4) is 0 Å². The highest BCUT2D eigenvalue weighted by atomic mass is 16.4. The quantitative estimate of drug-likeness (QED) is 0.544. The van der Waals surface area contributed by atoms with E-state index < -0.39 is 5.97 Å². The predicted molar refractivity (Wildman–Crippen MR) is 31.3 cm³/mol. The summed E-state index contributed by atoms with van der Waals surface area (Å²) in [4.78, 5) is 9.79. The van der Waals surface area contributed by atoms with Gasteiger partial charge in [-0.1, -0.05) is 13.0 Å². The zero-order valence-corrected chi connectivity index (χ0v) is 4.79. The van der Waals surface area contributed by atoms with Gasteiger partial charge in [0.05, 0.1) is 0 Å². The number of hydrogen-bond donors (Lipinski definition) is 1. The lowest BCUT2D eigenvalue weighted by Gasteiger charge is -1.88. The third kappa shape index (κ3) is 5.21. The van der Waals surface area contributed by atoms with Gasteiger partial charge < -0.3 is 5.11 Å². The fraction of sp³-hybridized carbons (Fsp3) is 0.333. The maximum atomic E-state index is 9.79.